The van der Waals surface area contributed by atoms with Crippen LogP contribution in [0.1, 0.15) is 76.0 Å². The summed E-state index contributed by atoms with van der Waals surface area (Å²) in [6.45, 7) is 11.7. The van der Waals surface area contributed by atoms with E-state index in [-0.39, 0.29) is 50.7 Å². The largest absolute Gasteiger partial charge is 0.481 e. The average molecular weight is 597 g/mol. The average Bonchev–Trinajstić information content (AvgIpc) is 2.82. The molecule has 0 saturated carbocycles. The van der Waals surface area contributed by atoms with Gasteiger partial charge in [0.15, 0.2) is 23.9 Å². The molecule has 6 nitrogen and oxygen atoms in total. The molecule has 0 atom stereocenters. The normalized spacial score (nSPS) is 19.9. The van der Waals surface area contributed by atoms with Gasteiger partial charge in [0.1, 0.15) is 11.5 Å². The highest BCUT2D eigenvalue weighted by molar-refractivity contribution is 6.37. The van der Waals surface area contributed by atoms with Gasteiger partial charge in [0.05, 0.1) is 10.0 Å². The molecule has 1 aliphatic heterocycles. The van der Waals surface area contributed by atoms with Crippen LogP contribution in [-0.4, -0.2) is 24.1 Å². The maximum absolute atomic E-state index is 13.5. The third-order valence-corrected chi connectivity index (χ3v) is 8.51. The summed E-state index contributed by atoms with van der Waals surface area (Å²) in [5.41, 5.74) is 3.79. The van der Waals surface area contributed by atoms with Gasteiger partial charge in [-0.15, -0.1) is 0 Å². The number of ketones is 2. The lowest BCUT2D eigenvalue weighted by atomic mass is 9.65. The zero-order chi connectivity index (χ0) is 29.9. The second-order valence-corrected chi connectivity index (χ2v) is 13.9. The molecule has 0 spiro atoms. The van der Waals surface area contributed by atoms with Crippen molar-refractivity contribution in [1.82, 2.24) is 0 Å². The van der Waals surface area contributed by atoms with Crippen LogP contribution in [0.3, 0.4) is 0 Å². The van der Waals surface area contributed by atoms with Gasteiger partial charge < -0.3 is 14.8 Å². The van der Waals surface area contributed by atoms with Crippen molar-refractivity contribution in [2.75, 3.05) is 11.9 Å². The minimum absolute atomic E-state index is 0.0406. The molecule has 0 radical (unpaired) electrons. The number of benzene rings is 2. The third-order valence-electron chi connectivity index (χ3n) is 7.95. The minimum atomic E-state index is -0.627. The Morgan fingerprint density at radius 1 is 0.902 bits per heavy atom. The molecule has 1 N–H and O–H groups in total. The van der Waals surface area contributed by atoms with Gasteiger partial charge in [0, 0.05) is 48.4 Å². The number of rotatable bonds is 5. The van der Waals surface area contributed by atoms with Crippen LogP contribution in [0.5, 0.6) is 5.75 Å². The Bertz CT molecular complexity index is 1470. The Morgan fingerprint density at radius 3 is 1.98 bits per heavy atom. The van der Waals surface area contributed by atoms with Crippen molar-refractivity contribution in [1.29, 1.82) is 0 Å². The van der Waals surface area contributed by atoms with Crippen LogP contribution in [-0.2, 0) is 19.1 Å². The number of halogens is 2. The number of allylic oxidation sites excluding steroid dienone is 4. The lowest BCUT2D eigenvalue weighted by Gasteiger charge is -2.42. The van der Waals surface area contributed by atoms with Gasteiger partial charge in [-0.1, -0.05) is 63.0 Å². The molecule has 0 unspecified atom stereocenters. The van der Waals surface area contributed by atoms with E-state index in [2.05, 4.69) is 5.32 Å². The van der Waals surface area contributed by atoms with Crippen LogP contribution >= 0.6 is 23.2 Å². The molecule has 216 valence electrons. The Morgan fingerprint density at radius 2 is 1.44 bits per heavy atom. The van der Waals surface area contributed by atoms with Crippen LogP contribution in [0.15, 0.2) is 53.0 Å². The van der Waals surface area contributed by atoms with Gasteiger partial charge in [-0.05, 0) is 59.6 Å². The predicted molar refractivity (Wildman–Crippen MR) is 160 cm³/mol. The van der Waals surface area contributed by atoms with Crippen LogP contribution in [0.2, 0.25) is 10.0 Å². The molecule has 2 aromatic carbocycles. The van der Waals surface area contributed by atoms with Gasteiger partial charge in [0.2, 0.25) is 0 Å². The molecule has 5 rings (SSSR count). The van der Waals surface area contributed by atoms with E-state index in [9.17, 15) is 14.4 Å². The van der Waals surface area contributed by atoms with Gasteiger partial charge in [-0.3, -0.25) is 14.4 Å². The first-order valence-electron chi connectivity index (χ1n) is 13.8. The first-order valence-corrected chi connectivity index (χ1v) is 14.6. The standard InChI is InChI=1S/C33H35Cl2NO5/c1-17-7-8-18(2)22(9-17)36-27(39)16-40-31-20(34)10-19(11-21(31)35)28-29-23(37)12-32(3,4)14-25(29)41-26-15-33(5,6)13-24(38)30(26)28/h7-11,28H,12-16H2,1-6H3,(H,36,39). The van der Waals surface area contributed by atoms with E-state index >= 15 is 0 Å². The monoisotopic (exact) mass is 595 g/mol. The quantitative estimate of drug-likeness (QED) is 0.378. The number of hydrogen-bond donors (Lipinski definition) is 1. The van der Waals surface area contributed by atoms with E-state index in [1.165, 1.54) is 0 Å². The fourth-order valence-electron chi connectivity index (χ4n) is 6.09. The minimum Gasteiger partial charge on any atom is -0.481 e. The van der Waals surface area contributed by atoms with Crippen molar-refractivity contribution in [3.63, 3.8) is 0 Å². The zero-order valence-corrected chi connectivity index (χ0v) is 25.8. The molecular formula is C33H35Cl2NO5. The maximum Gasteiger partial charge on any atom is 0.262 e. The number of aryl methyl sites for hydroxylation is 2. The Labute approximate surface area is 251 Å². The van der Waals surface area contributed by atoms with E-state index in [1.807, 2.05) is 59.7 Å². The zero-order valence-electron chi connectivity index (χ0n) is 24.3. The topological polar surface area (TPSA) is 81.7 Å². The van der Waals surface area contributed by atoms with E-state index < -0.39 is 5.92 Å². The molecule has 8 heteroatoms. The summed E-state index contributed by atoms with van der Waals surface area (Å²) in [5.74, 6) is 0.345. The number of hydrogen-bond acceptors (Lipinski definition) is 5. The van der Waals surface area contributed by atoms with Crippen molar-refractivity contribution in [3.05, 3.63) is 79.7 Å². The Hall–Kier alpha value is -3.09. The maximum atomic E-state index is 13.5. The lowest BCUT2D eigenvalue weighted by molar-refractivity contribution is -0.120. The van der Waals surface area contributed by atoms with Crippen molar-refractivity contribution in [3.8, 4) is 5.75 Å². The van der Waals surface area contributed by atoms with Crippen LogP contribution < -0.4 is 10.1 Å². The number of amides is 1. The van der Waals surface area contributed by atoms with Gasteiger partial charge in [0.25, 0.3) is 5.91 Å². The number of Topliss-reactive ketones (excluding diaryl/α,β-unsaturated/α-hetero) is 2. The molecular weight excluding hydrogens is 561 g/mol. The van der Waals surface area contributed by atoms with E-state index in [0.29, 0.717) is 59.6 Å². The summed E-state index contributed by atoms with van der Waals surface area (Å²) >= 11 is 13.4. The highest BCUT2D eigenvalue weighted by atomic mass is 35.5. The van der Waals surface area contributed by atoms with E-state index in [0.717, 1.165) is 11.1 Å². The summed E-state index contributed by atoms with van der Waals surface area (Å²) < 4.78 is 12.1. The first-order chi connectivity index (χ1) is 19.1. The Balaban J connectivity index is 1.47. The number of carbonyl (C=O) groups excluding carboxylic acids is 3. The lowest BCUT2D eigenvalue weighted by Crippen LogP contribution is -2.37. The summed E-state index contributed by atoms with van der Waals surface area (Å²) in [5, 5.41) is 3.24. The molecule has 41 heavy (non-hydrogen) atoms. The molecule has 2 aliphatic carbocycles. The van der Waals surface area contributed by atoms with E-state index in [4.69, 9.17) is 32.7 Å². The number of anilines is 1. The fourth-order valence-corrected chi connectivity index (χ4v) is 6.70. The van der Waals surface area contributed by atoms with Crippen molar-refractivity contribution >= 4 is 46.4 Å². The van der Waals surface area contributed by atoms with Crippen LogP contribution in [0.4, 0.5) is 5.69 Å². The molecule has 0 fully saturated rings. The first kappa shape index (κ1) is 29.4. The van der Waals surface area contributed by atoms with Gasteiger partial charge >= 0.3 is 0 Å². The summed E-state index contributed by atoms with van der Waals surface area (Å²) in [6.07, 6.45) is 1.89. The van der Waals surface area contributed by atoms with Crippen molar-refractivity contribution in [2.24, 2.45) is 10.8 Å². The SMILES string of the molecule is Cc1ccc(C)c(NC(=O)COc2c(Cl)cc(C3C4=C(CC(C)(C)CC4=O)OC4=C3C(=O)CC(C)(C)C4)cc2Cl)c1. The smallest absolute Gasteiger partial charge is 0.262 e. The Kier molecular flexibility index (Phi) is 7.62. The molecule has 0 aromatic heterocycles. The molecule has 0 bridgehead atoms. The van der Waals surface area contributed by atoms with Crippen molar-refractivity contribution < 1.29 is 23.9 Å². The molecule has 1 amide bonds. The third kappa shape index (κ3) is 5.96. The molecule has 3 aliphatic rings. The predicted octanol–water partition coefficient (Wildman–Crippen LogP) is 8.03. The number of ether oxygens (including phenoxy) is 2. The summed E-state index contributed by atoms with van der Waals surface area (Å²) in [7, 11) is 0. The fraction of sp³-hybridized carbons (Fsp3) is 0.424. The molecule has 0 saturated heterocycles. The van der Waals surface area contributed by atoms with Crippen LogP contribution in [0.25, 0.3) is 0 Å². The highest BCUT2D eigenvalue weighted by Gasteiger charge is 2.48. The highest BCUT2D eigenvalue weighted by Crippen LogP contribution is 2.54. The number of nitrogens with one attached hydrogen (secondary N) is 1. The van der Waals surface area contributed by atoms with Crippen LogP contribution in [0, 0.1) is 24.7 Å². The van der Waals surface area contributed by atoms with E-state index in [1.54, 1.807) is 12.1 Å². The second kappa shape index (κ2) is 10.6. The number of carbonyl (C=O) groups is 3. The van der Waals surface area contributed by atoms with Crippen molar-refractivity contribution in [2.45, 2.75) is 73.1 Å². The summed E-state index contributed by atoms with van der Waals surface area (Å²) in [4.78, 5) is 39.7. The summed E-state index contributed by atoms with van der Waals surface area (Å²) in [6, 6.07) is 9.16. The molecule has 1 heterocycles. The van der Waals surface area contributed by atoms with Gasteiger partial charge in [-0.2, -0.15) is 0 Å². The van der Waals surface area contributed by atoms with Gasteiger partial charge in [-0.25, -0.2) is 0 Å². The second-order valence-electron chi connectivity index (χ2n) is 13.1. The molecule has 2 aromatic rings.